The third-order valence-electron chi connectivity index (χ3n) is 2.19. The van der Waals surface area contributed by atoms with E-state index >= 15 is 0 Å². The summed E-state index contributed by atoms with van der Waals surface area (Å²) < 4.78 is 0. The molecule has 0 bridgehead atoms. The monoisotopic (exact) mass is 223 g/mol. The zero-order valence-corrected chi connectivity index (χ0v) is 9.31. The number of pyridine rings is 1. The summed E-state index contributed by atoms with van der Waals surface area (Å²) in [5.74, 6) is -0.217. The number of hydrogen-bond acceptors (Lipinski definition) is 4. The van der Waals surface area contributed by atoms with Gasteiger partial charge in [-0.2, -0.15) is 0 Å². The number of aliphatic hydroxyl groups is 1. The summed E-state index contributed by atoms with van der Waals surface area (Å²) in [5, 5.41) is 11.5. The summed E-state index contributed by atoms with van der Waals surface area (Å²) >= 11 is 0. The predicted octanol–water partition coefficient (Wildman–Crippen LogP) is 0.555. The summed E-state index contributed by atoms with van der Waals surface area (Å²) in [6, 6.07) is 3.25. The van der Waals surface area contributed by atoms with E-state index in [0.29, 0.717) is 17.8 Å². The lowest BCUT2D eigenvalue weighted by Crippen LogP contribution is -2.33. The molecule has 5 nitrogen and oxygen atoms in total. The van der Waals surface area contributed by atoms with Crippen molar-refractivity contribution in [3.63, 3.8) is 0 Å². The highest BCUT2D eigenvalue weighted by Crippen LogP contribution is 2.02. The van der Waals surface area contributed by atoms with Crippen LogP contribution in [0.2, 0.25) is 0 Å². The van der Waals surface area contributed by atoms with Crippen LogP contribution < -0.4 is 11.1 Å². The number of nitrogens with zero attached hydrogens (tertiary/aromatic N) is 1. The fourth-order valence-corrected chi connectivity index (χ4v) is 1.31. The normalized spacial score (nSPS) is 12.1. The number of aromatic nitrogens is 1. The van der Waals surface area contributed by atoms with E-state index in [-0.39, 0.29) is 18.6 Å². The highest BCUT2D eigenvalue weighted by molar-refractivity contribution is 5.92. The number of carbonyl (C=O) groups is 1. The van der Waals surface area contributed by atoms with Gasteiger partial charge in [0.1, 0.15) is 5.69 Å². The Balaban J connectivity index is 2.48. The standard InChI is InChI=1S/C11H17N3O2/c1-8(3-2-6-15)14-11(16)10-5-4-9(12)7-13-10/h4-5,7-8,15H,2-3,6,12H2,1H3,(H,14,16). The second-order valence-electron chi connectivity index (χ2n) is 3.72. The molecule has 1 amide bonds. The van der Waals surface area contributed by atoms with Crippen molar-refractivity contribution >= 4 is 11.6 Å². The van der Waals surface area contributed by atoms with E-state index < -0.39 is 0 Å². The summed E-state index contributed by atoms with van der Waals surface area (Å²) in [5.41, 5.74) is 6.36. The highest BCUT2D eigenvalue weighted by atomic mass is 16.2. The maximum atomic E-state index is 11.7. The number of anilines is 1. The van der Waals surface area contributed by atoms with Crippen molar-refractivity contribution in [1.82, 2.24) is 10.3 Å². The summed E-state index contributed by atoms with van der Waals surface area (Å²) in [4.78, 5) is 15.6. The van der Waals surface area contributed by atoms with Gasteiger partial charge in [-0.05, 0) is 31.9 Å². The van der Waals surface area contributed by atoms with Gasteiger partial charge >= 0.3 is 0 Å². The Morgan fingerprint density at radius 1 is 1.62 bits per heavy atom. The Morgan fingerprint density at radius 3 is 2.94 bits per heavy atom. The van der Waals surface area contributed by atoms with Gasteiger partial charge in [0, 0.05) is 12.6 Å². The zero-order chi connectivity index (χ0) is 12.0. The SMILES string of the molecule is CC(CCCO)NC(=O)c1ccc(N)cn1. The molecule has 1 rings (SSSR count). The fourth-order valence-electron chi connectivity index (χ4n) is 1.31. The Morgan fingerprint density at radius 2 is 2.38 bits per heavy atom. The Bertz CT molecular complexity index is 338. The molecule has 1 unspecified atom stereocenters. The number of nitrogen functional groups attached to an aromatic ring is 1. The molecule has 0 saturated heterocycles. The molecule has 0 fully saturated rings. The Hall–Kier alpha value is -1.62. The molecule has 1 aromatic heterocycles. The maximum absolute atomic E-state index is 11.7. The molecule has 1 heterocycles. The van der Waals surface area contributed by atoms with E-state index in [9.17, 15) is 4.79 Å². The van der Waals surface area contributed by atoms with Crippen molar-refractivity contribution in [1.29, 1.82) is 0 Å². The molecule has 1 aromatic rings. The van der Waals surface area contributed by atoms with Crippen LogP contribution >= 0.6 is 0 Å². The van der Waals surface area contributed by atoms with Crippen LogP contribution in [0.5, 0.6) is 0 Å². The van der Waals surface area contributed by atoms with Crippen LogP contribution in [0.1, 0.15) is 30.3 Å². The quantitative estimate of drug-likeness (QED) is 0.680. The molecule has 0 aliphatic rings. The molecule has 5 heteroatoms. The smallest absolute Gasteiger partial charge is 0.270 e. The van der Waals surface area contributed by atoms with Gasteiger partial charge in [0.15, 0.2) is 0 Å². The number of nitrogens with one attached hydrogen (secondary N) is 1. The van der Waals surface area contributed by atoms with Crippen molar-refractivity contribution in [2.75, 3.05) is 12.3 Å². The van der Waals surface area contributed by atoms with Gasteiger partial charge in [0.05, 0.1) is 11.9 Å². The van der Waals surface area contributed by atoms with Crippen LogP contribution in [-0.4, -0.2) is 28.6 Å². The van der Waals surface area contributed by atoms with E-state index in [4.69, 9.17) is 10.8 Å². The number of rotatable bonds is 5. The van der Waals surface area contributed by atoms with Crippen LogP contribution in [-0.2, 0) is 0 Å². The zero-order valence-electron chi connectivity index (χ0n) is 9.31. The topological polar surface area (TPSA) is 88.2 Å². The lowest BCUT2D eigenvalue weighted by molar-refractivity contribution is 0.0931. The summed E-state index contributed by atoms with van der Waals surface area (Å²) in [6.45, 7) is 2.03. The molecule has 0 spiro atoms. The molecular weight excluding hydrogens is 206 g/mol. The van der Waals surface area contributed by atoms with Gasteiger partial charge in [0.2, 0.25) is 0 Å². The van der Waals surface area contributed by atoms with Gasteiger partial charge in [-0.25, -0.2) is 4.98 Å². The van der Waals surface area contributed by atoms with Crippen LogP contribution in [0, 0.1) is 0 Å². The van der Waals surface area contributed by atoms with Crippen LogP contribution in [0.25, 0.3) is 0 Å². The number of hydrogen-bond donors (Lipinski definition) is 3. The fraction of sp³-hybridized carbons (Fsp3) is 0.455. The molecule has 16 heavy (non-hydrogen) atoms. The van der Waals surface area contributed by atoms with E-state index in [1.54, 1.807) is 12.1 Å². The number of amides is 1. The van der Waals surface area contributed by atoms with Gasteiger partial charge in [0.25, 0.3) is 5.91 Å². The molecule has 4 N–H and O–H groups in total. The minimum Gasteiger partial charge on any atom is -0.397 e. The predicted molar refractivity (Wildman–Crippen MR) is 61.9 cm³/mol. The first-order valence-electron chi connectivity index (χ1n) is 5.26. The van der Waals surface area contributed by atoms with Crippen molar-refractivity contribution < 1.29 is 9.90 Å². The number of aliphatic hydroxyl groups excluding tert-OH is 1. The van der Waals surface area contributed by atoms with Crippen molar-refractivity contribution in [2.24, 2.45) is 0 Å². The summed E-state index contributed by atoms with van der Waals surface area (Å²) in [6.07, 6.45) is 2.88. The average Bonchev–Trinajstić information content (AvgIpc) is 2.27. The molecular formula is C11H17N3O2. The highest BCUT2D eigenvalue weighted by Gasteiger charge is 2.10. The van der Waals surface area contributed by atoms with E-state index in [1.807, 2.05) is 6.92 Å². The van der Waals surface area contributed by atoms with E-state index in [1.165, 1.54) is 6.20 Å². The third kappa shape index (κ3) is 3.86. The van der Waals surface area contributed by atoms with Crippen LogP contribution in [0.4, 0.5) is 5.69 Å². The van der Waals surface area contributed by atoms with Gasteiger partial charge in [-0.15, -0.1) is 0 Å². The number of nitrogens with two attached hydrogens (primary N) is 1. The van der Waals surface area contributed by atoms with E-state index in [0.717, 1.165) is 6.42 Å². The van der Waals surface area contributed by atoms with Crippen molar-refractivity contribution in [2.45, 2.75) is 25.8 Å². The van der Waals surface area contributed by atoms with Gasteiger partial charge < -0.3 is 16.2 Å². The maximum Gasteiger partial charge on any atom is 0.270 e. The largest absolute Gasteiger partial charge is 0.397 e. The second-order valence-corrected chi connectivity index (χ2v) is 3.72. The first-order valence-corrected chi connectivity index (χ1v) is 5.26. The molecule has 0 aromatic carbocycles. The van der Waals surface area contributed by atoms with Crippen LogP contribution in [0.15, 0.2) is 18.3 Å². The molecule has 0 radical (unpaired) electrons. The number of carbonyl (C=O) groups excluding carboxylic acids is 1. The van der Waals surface area contributed by atoms with Crippen LogP contribution in [0.3, 0.4) is 0 Å². The minimum absolute atomic E-state index is 0.0269. The average molecular weight is 223 g/mol. The first-order chi connectivity index (χ1) is 7.63. The van der Waals surface area contributed by atoms with E-state index in [2.05, 4.69) is 10.3 Å². The minimum atomic E-state index is -0.217. The molecule has 1 atom stereocenters. The lowest BCUT2D eigenvalue weighted by Gasteiger charge is -2.12. The first kappa shape index (κ1) is 12.4. The molecule has 88 valence electrons. The van der Waals surface area contributed by atoms with Crippen molar-refractivity contribution in [3.8, 4) is 0 Å². The molecule has 0 aliphatic heterocycles. The summed E-state index contributed by atoms with van der Waals surface area (Å²) in [7, 11) is 0. The van der Waals surface area contributed by atoms with Gasteiger partial charge in [-0.1, -0.05) is 0 Å². The third-order valence-corrected chi connectivity index (χ3v) is 2.19. The lowest BCUT2D eigenvalue weighted by atomic mass is 10.2. The Kier molecular flexibility index (Phi) is 4.72. The second kappa shape index (κ2) is 6.07. The Labute approximate surface area is 94.7 Å². The molecule has 0 saturated carbocycles. The molecule has 0 aliphatic carbocycles. The van der Waals surface area contributed by atoms with Gasteiger partial charge in [-0.3, -0.25) is 4.79 Å². The van der Waals surface area contributed by atoms with Crippen molar-refractivity contribution in [3.05, 3.63) is 24.0 Å².